The minimum atomic E-state index is -1.21. The maximum atomic E-state index is 11.6. The van der Waals surface area contributed by atoms with Gasteiger partial charge in [-0.3, -0.25) is 4.79 Å². The van der Waals surface area contributed by atoms with Gasteiger partial charge >= 0.3 is 5.97 Å². The first-order valence-electron chi connectivity index (χ1n) is 6.06. The molecular weight excluding hydrogens is 328 g/mol. The standard InChI is InChI=1S/C13H12N2O5S2/c1-20-12(19)7-2-3-8-9(4-7)22-13(14-8)15-10(16)5-21-6-11(17)18/h2-4H,5-6H2,1H3,(H,17,18)(H,14,15,16)/p-1. The third kappa shape index (κ3) is 4.18. The van der Waals surface area contributed by atoms with Gasteiger partial charge in [0.25, 0.3) is 0 Å². The predicted molar refractivity (Wildman–Crippen MR) is 81.9 cm³/mol. The van der Waals surface area contributed by atoms with Crippen LogP contribution in [0, 0.1) is 0 Å². The Hall–Kier alpha value is -2.13. The number of hydrogen-bond acceptors (Lipinski definition) is 8. The largest absolute Gasteiger partial charge is 0.549 e. The van der Waals surface area contributed by atoms with E-state index in [-0.39, 0.29) is 17.4 Å². The van der Waals surface area contributed by atoms with E-state index in [4.69, 9.17) is 0 Å². The fourth-order valence-electron chi connectivity index (χ4n) is 1.61. The molecule has 0 radical (unpaired) electrons. The number of ether oxygens (including phenoxy) is 1. The average molecular weight is 339 g/mol. The summed E-state index contributed by atoms with van der Waals surface area (Å²) in [5.41, 5.74) is 1.05. The highest BCUT2D eigenvalue weighted by molar-refractivity contribution is 8.00. The lowest BCUT2D eigenvalue weighted by Crippen LogP contribution is -2.25. The Bertz CT molecular complexity index is 728. The highest BCUT2D eigenvalue weighted by Crippen LogP contribution is 2.27. The number of amides is 1. The van der Waals surface area contributed by atoms with Crippen LogP contribution in [0.15, 0.2) is 18.2 Å². The zero-order valence-corrected chi connectivity index (χ0v) is 13.1. The third-order valence-corrected chi connectivity index (χ3v) is 4.35. The van der Waals surface area contributed by atoms with Crippen LogP contribution >= 0.6 is 23.1 Å². The molecule has 1 N–H and O–H groups in total. The van der Waals surface area contributed by atoms with E-state index in [9.17, 15) is 19.5 Å². The fourth-order valence-corrected chi connectivity index (χ4v) is 3.05. The number of nitrogens with one attached hydrogen (secondary N) is 1. The zero-order valence-electron chi connectivity index (χ0n) is 11.5. The lowest BCUT2D eigenvalue weighted by Gasteiger charge is -2.02. The second kappa shape index (κ2) is 7.23. The third-order valence-electron chi connectivity index (χ3n) is 2.51. The summed E-state index contributed by atoms with van der Waals surface area (Å²) >= 11 is 2.17. The number of aromatic nitrogens is 1. The molecule has 0 unspecified atom stereocenters. The first-order valence-corrected chi connectivity index (χ1v) is 8.03. The van der Waals surface area contributed by atoms with Gasteiger partial charge in [-0.1, -0.05) is 11.3 Å². The van der Waals surface area contributed by atoms with Crippen molar-refractivity contribution < 1.29 is 24.2 Å². The molecule has 0 spiro atoms. The Balaban J connectivity index is 2.04. The van der Waals surface area contributed by atoms with E-state index in [1.165, 1.54) is 18.4 Å². The van der Waals surface area contributed by atoms with Crippen LogP contribution in [0.4, 0.5) is 5.13 Å². The van der Waals surface area contributed by atoms with Gasteiger partial charge in [-0.2, -0.15) is 0 Å². The molecule has 0 fully saturated rings. The Morgan fingerprint density at radius 3 is 2.82 bits per heavy atom. The van der Waals surface area contributed by atoms with Crippen molar-refractivity contribution in [3.8, 4) is 0 Å². The van der Waals surface area contributed by atoms with Crippen molar-refractivity contribution in [3.63, 3.8) is 0 Å². The van der Waals surface area contributed by atoms with Crippen molar-refractivity contribution in [1.82, 2.24) is 4.98 Å². The summed E-state index contributed by atoms with van der Waals surface area (Å²) in [5, 5.41) is 13.2. The van der Waals surface area contributed by atoms with Gasteiger partial charge in [-0.25, -0.2) is 9.78 Å². The number of anilines is 1. The minimum absolute atomic E-state index is 0.00266. The van der Waals surface area contributed by atoms with Crippen LogP contribution < -0.4 is 10.4 Å². The minimum Gasteiger partial charge on any atom is -0.549 e. The van der Waals surface area contributed by atoms with E-state index < -0.39 is 11.9 Å². The van der Waals surface area contributed by atoms with Gasteiger partial charge in [0.15, 0.2) is 5.13 Å². The van der Waals surface area contributed by atoms with Gasteiger partial charge in [0.2, 0.25) is 5.91 Å². The summed E-state index contributed by atoms with van der Waals surface area (Å²) < 4.78 is 5.38. The van der Waals surface area contributed by atoms with Gasteiger partial charge in [0, 0.05) is 5.75 Å². The fraction of sp³-hybridized carbons (Fsp3) is 0.231. The van der Waals surface area contributed by atoms with Gasteiger partial charge in [0.1, 0.15) is 0 Å². The number of hydrogen-bond donors (Lipinski definition) is 1. The number of carboxylic acid groups (broad SMARTS) is 1. The van der Waals surface area contributed by atoms with Gasteiger partial charge in [-0.15, -0.1) is 11.8 Å². The van der Waals surface area contributed by atoms with Crippen LogP contribution in [0.25, 0.3) is 10.2 Å². The van der Waals surface area contributed by atoms with E-state index in [1.54, 1.807) is 18.2 Å². The molecule has 0 saturated heterocycles. The lowest BCUT2D eigenvalue weighted by atomic mass is 10.2. The zero-order chi connectivity index (χ0) is 16.1. The molecule has 1 aromatic heterocycles. The molecule has 116 valence electrons. The SMILES string of the molecule is COC(=O)c1ccc2nc(NC(=O)CSCC(=O)[O-])sc2c1. The number of carboxylic acids is 1. The highest BCUT2D eigenvalue weighted by Gasteiger charge is 2.11. The number of benzene rings is 1. The smallest absolute Gasteiger partial charge is 0.337 e. The highest BCUT2D eigenvalue weighted by atomic mass is 32.2. The van der Waals surface area contributed by atoms with Crippen LogP contribution in [-0.2, 0) is 14.3 Å². The molecule has 1 aromatic carbocycles. The first-order chi connectivity index (χ1) is 10.5. The number of thiazole rings is 1. The van der Waals surface area contributed by atoms with Crippen LogP contribution in [0.2, 0.25) is 0 Å². The van der Waals surface area contributed by atoms with Crippen molar-refractivity contribution in [3.05, 3.63) is 23.8 Å². The summed E-state index contributed by atoms with van der Waals surface area (Å²) in [7, 11) is 1.30. The predicted octanol–water partition coefficient (Wildman–Crippen LogP) is 0.504. The van der Waals surface area contributed by atoms with Crippen molar-refractivity contribution >= 4 is 56.3 Å². The second-order valence-corrected chi connectivity index (χ2v) is 6.12. The molecule has 0 bridgehead atoms. The Morgan fingerprint density at radius 1 is 1.36 bits per heavy atom. The molecule has 0 aliphatic heterocycles. The molecule has 2 rings (SSSR count). The summed E-state index contributed by atoms with van der Waals surface area (Å²) in [6.07, 6.45) is 0. The van der Waals surface area contributed by atoms with Crippen molar-refractivity contribution in [2.24, 2.45) is 0 Å². The van der Waals surface area contributed by atoms with Crippen molar-refractivity contribution in [2.45, 2.75) is 0 Å². The van der Waals surface area contributed by atoms with Crippen LogP contribution in [0.3, 0.4) is 0 Å². The summed E-state index contributed by atoms with van der Waals surface area (Å²) in [4.78, 5) is 37.6. The van der Waals surface area contributed by atoms with Crippen molar-refractivity contribution in [1.29, 1.82) is 0 Å². The van der Waals surface area contributed by atoms with Gasteiger partial charge < -0.3 is 20.0 Å². The molecule has 9 heteroatoms. The van der Waals surface area contributed by atoms with Gasteiger partial charge in [-0.05, 0) is 18.2 Å². The second-order valence-electron chi connectivity index (χ2n) is 4.11. The van der Waals surface area contributed by atoms with E-state index in [0.717, 1.165) is 16.5 Å². The molecule has 0 aliphatic rings. The number of methoxy groups -OCH3 is 1. The number of rotatable bonds is 6. The molecule has 0 aliphatic carbocycles. The van der Waals surface area contributed by atoms with E-state index in [2.05, 4.69) is 15.0 Å². The normalized spacial score (nSPS) is 10.4. The van der Waals surface area contributed by atoms with E-state index >= 15 is 0 Å². The van der Waals surface area contributed by atoms with Gasteiger partial charge in [0.05, 0.1) is 34.6 Å². The van der Waals surface area contributed by atoms with Crippen LogP contribution in [0.1, 0.15) is 10.4 Å². The summed E-state index contributed by atoms with van der Waals surface area (Å²) in [5.74, 6) is -2.25. The molecule has 2 aromatic rings. The topological polar surface area (TPSA) is 108 Å². The molecule has 1 heterocycles. The van der Waals surface area contributed by atoms with Crippen LogP contribution in [-0.4, -0.2) is 41.4 Å². The van der Waals surface area contributed by atoms with Crippen molar-refractivity contribution in [2.75, 3.05) is 23.9 Å². The number of carbonyl (C=O) groups excluding carboxylic acids is 3. The maximum absolute atomic E-state index is 11.6. The molecule has 1 amide bonds. The van der Waals surface area contributed by atoms with E-state index in [1.807, 2.05) is 0 Å². The monoisotopic (exact) mass is 339 g/mol. The Morgan fingerprint density at radius 2 is 2.14 bits per heavy atom. The number of esters is 1. The lowest BCUT2D eigenvalue weighted by molar-refractivity contribution is -0.301. The molecular formula is C13H11N2O5S2-. The number of carbonyl (C=O) groups is 3. The molecule has 7 nitrogen and oxygen atoms in total. The Labute approximate surface area is 133 Å². The number of thioether (sulfide) groups is 1. The summed E-state index contributed by atoms with van der Waals surface area (Å²) in [6, 6.07) is 4.90. The van der Waals surface area contributed by atoms with Crippen LogP contribution in [0.5, 0.6) is 0 Å². The first kappa shape index (κ1) is 16.2. The van der Waals surface area contributed by atoms with E-state index in [0.29, 0.717) is 16.2 Å². The number of nitrogens with zero attached hydrogens (tertiary/aromatic N) is 1. The molecule has 0 atom stereocenters. The number of fused-ring (bicyclic) bond motifs is 1. The summed E-state index contributed by atoms with van der Waals surface area (Å²) in [6.45, 7) is 0. The quantitative estimate of drug-likeness (QED) is 0.764. The maximum Gasteiger partial charge on any atom is 0.337 e. The molecule has 0 saturated carbocycles. The molecule has 22 heavy (non-hydrogen) atoms. The average Bonchev–Trinajstić information content (AvgIpc) is 2.86. The number of aliphatic carboxylic acids is 1. The Kier molecular flexibility index (Phi) is 5.34.